The van der Waals surface area contributed by atoms with Crippen molar-refractivity contribution in [2.75, 3.05) is 39.9 Å². The molecule has 0 bridgehead atoms. The van der Waals surface area contributed by atoms with E-state index < -0.39 is 0 Å². The first-order valence-electron chi connectivity index (χ1n) is 7.93. The number of aliphatic hydroxyl groups is 1. The van der Waals surface area contributed by atoms with Gasteiger partial charge in [-0.05, 0) is 25.5 Å². The molecule has 2 unspecified atom stereocenters. The maximum atomic E-state index is 9.75. The van der Waals surface area contributed by atoms with E-state index in [9.17, 15) is 5.11 Å². The van der Waals surface area contributed by atoms with Crippen LogP contribution in [0.1, 0.15) is 19.1 Å². The molecule has 2 N–H and O–H groups in total. The highest BCUT2D eigenvalue weighted by atomic mass is 16.5. The number of ether oxygens (including phenoxy) is 1. The van der Waals surface area contributed by atoms with Crippen LogP contribution in [0.15, 0.2) is 27.8 Å². The third-order valence-corrected chi connectivity index (χ3v) is 4.00. The van der Waals surface area contributed by atoms with Crippen molar-refractivity contribution >= 4 is 5.96 Å². The molecule has 0 amide bonds. The fourth-order valence-electron chi connectivity index (χ4n) is 2.64. The highest BCUT2D eigenvalue weighted by Gasteiger charge is 2.27. The normalized spacial score (nSPS) is 20.4. The summed E-state index contributed by atoms with van der Waals surface area (Å²) in [4.78, 5) is 6.82. The van der Waals surface area contributed by atoms with Gasteiger partial charge in [0.2, 0.25) is 0 Å². The summed E-state index contributed by atoms with van der Waals surface area (Å²) in [5.41, 5.74) is 0. The summed E-state index contributed by atoms with van der Waals surface area (Å²) in [6.45, 7) is 5.65. The van der Waals surface area contributed by atoms with Gasteiger partial charge >= 0.3 is 0 Å². The van der Waals surface area contributed by atoms with E-state index in [-0.39, 0.29) is 6.10 Å². The van der Waals surface area contributed by atoms with Crippen molar-refractivity contribution in [3.8, 4) is 0 Å². The summed E-state index contributed by atoms with van der Waals surface area (Å²) in [6.07, 6.45) is 3.25. The summed E-state index contributed by atoms with van der Waals surface area (Å²) in [5.74, 6) is 2.18. The zero-order valence-corrected chi connectivity index (χ0v) is 13.5. The number of nitrogens with zero attached hydrogens (tertiary/aromatic N) is 2. The Kier molecular flexibility index (Phi) is 6.74. The first-order chi connectivity index (χ1) is 10.7. The SMILES string of the molecule is COCCN=C(NCCc1ccco1)N1CCC(C(C)O)C1. The first-order valence-corrected chi connectivity index (χ1v) is 7.93. The summed E-state index contributed by atoms with van der Waals surface area (Å²) in [7, 11) is 1.68. The average Bonchev–Trinajstić information content (AvgIpc) is 3.17. The van der Waals surface area contributed by atoms with Gasteiger partial charge in [0.25, 0.3) is 0 Å². The maximum Gasteiger partial charge on any atom is 0.194 e. The molecule has 0 aromatic carbocycles. The second-order valence-electron chi connectivity index (χ2n) is 5.69. The molecule has 0 spiro atoms. The monoisotopic (exact) mass is 309 g/mol. The van der Waals surface area contributed by atoms with Crippen LogP contribution in [-0.2, 0) is 11.2 Å². The molecule has 6 heteroatoms. The molecule has 22 heavy (non-hydrogen) atoms. The molecule has 1 aromatic heterocycles. The Morgan fingerprint density at radius 1 is 1.64 bits per heavy atom. The Hall–Kier alpha value is -1.53. The minimum absolute atomic E-state index is 0.270. The number of rotatable bonds is 7. The predicted molar refractivity (Wildman–Crippen MR) is 86.0 cm³/mol. The minimum Gasteiger partial charge on any atom is -0.469 e. The number of aliphatic hydroxyl groups excluding tert-OH is 1. The van der Waals surface area contributed by atoms with Crippen molar-refractivity contribution in [1.29, 1.82) is 0 Å². The van der Waals surface area contributed by atoms with Crippen LogP contribution in [0.3, 0.4) is 0 Å². The van der Waals surface area contributed by atoms with Gasteiger partial charge in [0.15, 0.2) is 5.96 Å². The van der Waals surface area contributed by atoms with Gasteiger partial charge in [-0.3, -0.25) is 4.99 Å². The topological polar surface area (TPSA) is 70.2 Å². The number of hydrogen-bond donors (Lipinski definition) is 2. The highest BCUT2D eigenvalue weighted by Crippen LogP contribution is 2.19. The number of likely N-dealkylation sites (tertiary alicyclic amines) is 1. The van der Waals surface area contributed by atoms with Gasteiger partial charge in [0.1, 0.15) is 5.76 Å². The van der Waals surface area contributed by atoms with Crippen molar-refractivity contribution < 1.29 is 14.3 Å². The van der Waals surface area contributed by atoms with Crippen LogP contribution in [0.4, 0.5) is 0 Å². The van der Waals surface area contributed by atoms with Gasteiger partial charge in [-0.2, -0.15) is 0 Å². The van der Waals surface area contributed by atoms with E-state index in [0.29, 0.717) is 19.1 Å². The van der Waals surface area contributed by atoms with Crippen molar-refractivity contribution in [3.63, 3.8) is 0 Å². The lowest BCUT2D eigenvalue weighted by Crippen LogP contribution is -2.41. The Morgan fingerprint density at radius 2 is 2.50 bits per heavy atom. The van der Waals surface area contributed by atoms with Gasteiger partial charge in [0.05, 0.1) is 25.5 Å². The second-order valence-corrected chi connectivity index (χ2v) is 5.69. The van der Waals surface area contributed by atoms with Crippen molar-refractivity contribution in [1.82, 2.24) is 10.2 Å². The lowest BCUT2D eigenvalue weighted by atomic mass is 10.0. The number of furan rings is 1. The Labute approximate surface area is 132 Å². The fourth-order valence-corrected chi connectivity index (χ4v) is 2.64. The van der Waals surface area contributed by atoms with E-state index >= 15 is 0 Å². The van der Waals surface area contributed by atoms with Crippen LogP contribution in [0.25, 0.3) is 0 Å². The van der Waals surface area contributed by atoms with Crippen LogP contribution in [0, 0.1) is 5.92 Å². The zero-order valence-electron chi connectivity index (χ0n) is 13.5. The molecule has 1 aliphatic rings. The maximum absolute atomic E-state index is 9.75. The van der Waals surface area contributed by atoms with Gasteiger partial charge in [0, 0.05) is 39.1 Å². The molecule has 1 aliphatic heterocycles. The van der Waals surface area contributed by atoms with Gasteiger partial charge < -0.3 is 24.5 Å². The van der Waals surface area contributed by atoms with Crippen LogP contribution in [-0.4, -0.2) is 62.0 Å². The van der Waals surface area contributed by atoms with E-state index in [0.717, 1.165) is 44.2 Å². The quantitative estimate of drug-likeness (QED) is 0.449. The second kappa shape index (κ2) is 8.80. The van der Waals surface area contributed by atoms with E-state index in [2.05, 4.69) is 15.2 Å². The molecule has 0 radical (unpaired) electrons. The van der Waals surface area contributed by atoms with Crippen LogP contribution < -0.4 is 5.32 Å². The molecule has 124 valence electrons. The summed E-state index contributed by atoms with van der Waals surface area (Å²) in [6, 6.07) is 3.87. The smallest absolute Gasteiger partial charge is 0.194 e. The van der Waals surface area contributed by atoms with E-state index in [4.69, 9.17) is 9.15 Å². The van der Waals surface area contributed by atoms with Crippen LogP contribution >= 0.6 is 0 Å². The van der Waals surface area contributed by atoms with Crippen molar-refractivity contribution in [2.45, 2.75) is 25.9 Å². The first kappa shape index (κ1) is 16.8. The number of hydrogen-bond acceptors (Lipinski definition) is 4. The Morgan fingerprint density at radius 3 is 3.14 bits per heavy atom. The molecular formula is C16H27N3O3. The molecule has 2 rings (SSSR count). The Balaban J connectivity index is 1.87. The molecular weight excluding hydrogens is 282 g/mol. The zero-order chi connectivity index (χ0) is 15.8. The number of nitrogens with one attached hydrogen (secondary N) is 1. The van der Waals surface area contributed by atoms with Crippen LogP contribution in [0.5, 0.6) is 0 Å². The lowest BCUT2D eigenvalue weighted by molar-refractivity contribution is 0.132. The molecule has 1 aromatic rings. The Bertz CT molecular complexity index is 445. The molecule has 1 saturated heterocycles. The molecule has 2 atom stereocenters. The highest BCUT2D eigenvalue weighted by molar-refractivity contribution is 5.80. The molecule has 6 nitrogen and oxygen atoms in total. The summed E-state index contributed by atoms with van der Waals surface area (Å²) in [5, 5.41) is 13.1. The molecule has 1 fully saturated rings. The van der Waals surface area contributed by atoms with Crippen molar-refractivity contribution in [2.24, 2.45) is 10.9 Å². The standard InChI is InChI=1S/C16H27N3O3/c1-13(20)14-6-9-19(12-14)16(18-8-11-21-2)17-7-5-15-4-3-10-22-15/h3-4,10,13-14,20H,5-9,11-12H2,1-2H3,(H,17,18). The largest absolute Gasteiger partial charge is 0.469 e. The third-order valence-electron chi connectivity index (χ3n) is 4.00. The molecule has 2 heterocycles. The lowest BCUT2D eigenvalue weighted by Gasteiger charge is -2.22. The molecule has 0 aliphatic carbocycles. The number of guanidine groups is 1. The summed E-state index contributed by atoms with van der Waals surface area (Å²) >= 11 is 0. The van der Waals surface area contributed by atoms with Gasteiger partial charge in [-0.1, -0.05) is 0 Å². The number of methoxy groups -OCH3 is 1. The van der Waals surface area contributed by atoms with Crippen molar-refractivity contribution in [3.05, 3.63) is 24.2 Å². The average molecular weight is 309 g/mol. The minimum atomic E-state index is -0.270. The molecule has 0 saturated carbocycles. The van der Waals surface area contributed by atoms with Gasteiger partial charge in [-0.25, -0.2) is 0 Å². The van der Waals surface area contributed by atoms with E-state index in [1.165, 1.54) is 0 Å². The van der Waals surface area contributed by atoms with Gasteiger partial charge in [-0.15, -0.1) is 0 Å². The van der Waals surface area contributed by atoms with E-state index in [1.54, 1.807) is 13.4 Å². The number of aliphatic imine (C=N–C) groups is 1. The van der Waals surface area contributed by atoms with E-state index in [1.807, 2.05) is 19.1 Å². The van der Waals surface area contributed by atoms with Crippen LogP contribution in [0.2, 0.25) is 0 Å². The fraction of sp³-hybridized carbons (Fsp3) is 0.688. The predicted octanol–water partition coefficient (Wildman–Crippen LogP) is 1.12. The third kappa shape index (κ3) is 5.03. The summed E-state index contributed by atoms with van der Waals surface area (Å²) < 4.78 is 10.4.